The van der Waals surface area contributed by atoms with E-state index in [1.807, 2.05) is 18.2 Å². The van der Waals surface area contributed by atoms with Crippen LogP contribution in [-0.2, 0) is 16.6 Å². The summed E-state index contributed by atoms with van der Waals surface area (Å²) in [6.45, 7) is 4.15. The van der Waals surface area contributed by atoms with Crippen LogP contribution in [0.4, 0.5) is 5.13 Å². The smallest absolute Gasteiger partial charge is 0.236 e. The lowest BCUT2D eigenvalue weighted by Gasteiger charge is -2.40. The molecular weight excluding hydrogens is 280 g/mol. The number of rotatable bonds is 4. The van der Waals surface area contributed by atoms with Crippen LogP contribution in [0.5, 0.6) is 0 Å². The molecular formula is C17H20N2OS. The first kappa shape index (κ1) is 14.3. The molecule has 1 fully saturated rings. The van der Waals surface area contributed by atoms with Crippen LogP contribution in [-0.4, -0.2) is 10.9 Å². The molecule has 21 heavy (non-hydrogen) atoms. The fourth-order valence-corrected chi connectivity index (χ4v) is 3.86. The minimum atomic E-state index is -0.354. The average molecular weight is 300 g/mol. The summed E-state index contributed by atoms with van der Waals surface area (Å²) < 4.78 is 0. The van der Waals surface area contributed by atoms with Crippen LogP contribution in [0.2, 0.25) is 0 Å². The van der Waals surface area contributed by atoms with Crippen LogP contribution in [0.25, 0.3) is 0 Å². The number of nitrogens with zero attached hydrogens (tertiary/aromatic N) is 1. The van der Waals surface area contributed by atoms with Crippen molar-refractivity contribution < 1.29 is 4.79 Å². The second kappa shape index (κ2) is 5.60. The molecule has 1 aromatic heterocycles. The molecule has 4 heteroatoms. The van der Waals surface area contributed by atoms with Gasteiger partial charge in [-0.05, 0) is 31.7 Å². The van der Waals surface area contributed by atoms with Crippen molar-refractivity contribution in [2.75, 3.05) is 5.32 Å². The highest BCUT2D eigenvalue weighted by molar-refractivity contribution is 7.15. The van der Waals surface area contributed by atoms with Crippen LogP contribution in [0.3, 0.4) is 0 Å². The van der Waals surface area contributed by atoms with Gasteiger partial charge in [-0.3, -0.25) is 4.79 Å². The quantitative estimate of drug-likeness (QED) is 0.924. The predicted octanol–water partition coefficient (Wildman–Crippen LogP) is 4.07. The number of aromatic nitrogens is 1. The molecule has 2 aromatic rings. The van der Waals surface area contributed by atoms with Gasteiger partial charge in [0.1, 0.15) is 0 Å². The van der Waals surface area contributed by atoms with Gasteiger partial charge in [0.25, 0.3) is 0 Å². The molecule has 110 valence electrons. The highest BCUT2D eigenvalue weighted by Gasteiger charge is 2.45. The number of carbonyl (C=O) groups excluding carboxylic acids is 1. The third kappa shape index (κ3) is 2.48. The lowest BCUT2D eigenvalue weighted by Crippen LogP contribution is -2.45. The summed E-state index contributed by atoms with van der Waals surface area (Å²) in [5.74, 6) is 0.0938. The molecule has 0 bridgehead atoms. The second-order valence-corrected chi connectivity index (χ2v) is 6.83. The number of carbonyl (C=O) groups is 1. The number of hydrogen-bond acceptors (Lipinski definition) is 3. The Morgan fingerprint density at radius 1 is 1.33 bits per heavy atom. The molecule has 0 unspecified atom stereocenters. The summed E-state index contributed by atoms with van der Waals surface area (Å²) in [5.41, 5.74) is 1.85. The third-order valence-corrected chi connectivity index (χ3v) is 5.34. The number of thiazole rings is 1. The molecule has 1 aliphatic carbocycles. The average Bonchev–Trinajstić information content (AvgIpc) is 2.78. The normalized spacial score (nSPS) is 16.3. The second-order valence-electron chi connectivity index (χ2n) is 5.63. The minimum Gasteiger partial charge on any atom is -0.301 e. The third-order valence-electron chi connectivity index (χ3n) is 4.42. The topological polar surface area (TPSA) is 42.0 Å². The summed E-state index contributed by atoms with van der Waals surface area (Å²) >= 11 is 1.57. The molecule has 1 N–H and O–H groups in total. The summed E-state index contributed by atoms with van der Waals surface area (Å²) in [6.07, 6.45) is 3.86. The van der Waals surface area contributed by atoms with Gasteiger partial charge in [-0.25, -0.2) is 4.98 Å². The van der Waals surface area contributed by atoms with Gasteiger partial charge in [-0.2, -0.15) is 0 Å². The number of nitrogens with one attached hydrogen (secondary N) is 1. The Hall–Kier alpha value is -1.68. The van der Waals surface area contributed by atoms with Crippen molar-refractivity contribution in [3.05, 3.63) is 46.5 Å². The predicted molar refractivity (Wildman–Crippen MR) is 86.8 cm³/mol. The van der Waals surface area contributed by atoms with Crippen LogP contribution in [0.15, 0.2) is 30.3 Å². The number of benzene rings is 1. The van der Waals surface area contributed by atoms with Crippen molar-refractivity contribution in [3.8, 4) is 0 Å². The van der Waals surface area contributed by atoms with E-state index in [4.69, 9.17) is 0 Å². The summed E-state index contributed by atoms with van der Waals surface area (Å²) in [7, 11) is 0. The Kier molecular flexibility index (Phi) is 3.81. The van der Waals surface area contributed by atoms with Crippen molar-refractivity contribution in [2.24, 2.45) is 0 Å². The molecule has 3 nitrogen and oxygen atoms in total. The Balaban J connectivity index is 1.83. The highest BCUT2D eigenvalue weighted by atomic mass is 32.1. The Bertz CT molecular complexity index is 644. The maximum Gasteiger partial charge on any atom is 0.236 e. The van der Waals surface area contributed by atoms with E-state index in [1.54, 1.807) is 11.3 Å². The zero-order valence-corrected chi connectivity index (χ0v) is 13.3. The zero-order chi connectivity index (χ0) is 14.9. The molecule has 0 atom stereocenters. The highest BCUT2D eigenvalue weighted by Crippen LogP contribution is 2.44. The van der Waals surface area contributed by atoms with E-state index in [1.165, 1.54) is 4.88 Å². The van der Waals surface area contributed by atoms with Gasteiger partial charge in [0.15, 0.2) is 5.13 Å². The Labute approximate surface area is 129 Å². The van der Waals surface area contributed by atoms with Gasteiger partial charge < -0.3 is 5.32 Å². The van der Waals surface area contributed by atoms with E-state index >= 15 is 0 Å². The SMILES string of the molecule is CCc1nc(NC(=O)C2(c3ccccc3)CCC2)sc1C. The molecule has 1 aliphatic rings. The molecule has 0 aliphatic heterocycles. The number of aryl methyl sites for hydroxylation is 2. The Morgan fingerprint density at radius 2 is 2.05 bits per heavy atom. The summed E-state index contributed by atoms with van der Waals surface area (Å²) in [5, 5.41) is 3.78. The first-order valence-corrected chi connectivity index (χ1v) is 8.30. The molecule has 1 heterocycles. The summed E-state index contributed by atoms with van der Waals surface area (Å²) in [6, 6.07) is 10.1. The maximum atomic E-state index is 12.8. The van der Waals surface area contributed by atoms with Crippen LogP contribution in [0.1, 0.15) is 42.3 Å². The fraction of sp³-hybridized carbons (Fsp3) is 0.412. The van der Waals surface area contributed by atoms with E-state index in [9.17, 15) is 4.79 Å². The molecule has 0 radical (unpaired) electrons. The molecule has 3 rings (SSSR count). The van der Waals surface area contributed by atoms with Crippen molar-refractivity contribution in [3.63, 3.8) is 0 Å². The fourth-order valence-electron chi connectivity index (χ4n) is 2.96. The zero-order valence-electron chi connectivity index (χ0n) is 12.5. The largest absolute Gasteiger partial charge is 0.301 e. The van der Waals surface area contributed by atoms with Crippen molar-refractivity contribution in [2.45, 2.75) is 44.9 Å². The number of hydrogen-bond donors (Lipinski definition) is 1. The van der Waals surface area contributed by atoms with Gasteiger partial charge in [-0.15, -0.1) is 11.3 Å². The van der Waals surface area contributed by atoms with Crippen molar-refractivity contribution >= 4 is 22.4 Å². The van der Waals surface area contributed by atoms with Crippen molar-refractivity contribution in [1.82, 2.24) is 4.98 Å². The molecule has 0 spiro atoms. The van der Waals surface area contributed by atoms with Gasteiger partial charge in [-0.1, -0.05) is 43.7 Å². The Morgan fingerprint density at radius 3 is 2.57 bits per heavy atom. The minimum absolute atomic E-state index is 0.0938. The molecule has 1 aromatic carbocycles. The first-order valence-electron chi connectivity index (χ1n) is 7.49. The maximum absolute atomic E-state index is 12.8. The van der Waals surface area contributed by atoms with Crippen LogP contribution < -0.4 is 5.32 Å². The monoisotopic (exact) mass is 300 g/mol. The van der Waals surface area contributed by atoms with Crippen molar-refractivity contribution in [1.29, 1.82) is 0 Å². The lowest BCUT2D eigenvalue weighted by atomic mass is 9.64. The van der Waals surface area contributed by atoms with E-state index in [2.05, 4.69) is 36.3 Å². The standard InChI is InChI=1S/C17H20N2OS/c1-3-14-12(2)21-16(18-14)19-15(20)17(10-7-11-17)13-8-5-4-6-9-13/h4-6,8-9H,3,7,10-11H2,1-2H3,(H,18,19,20). The van der Waals surface area contributed by atoms with E-state index in [-0.39, 0.29) is 11.3 Å². The molecule has 1 saturated carbocycles. The van der Waals surface area contributed by atoms with Gasteiger partial charge in [0.2, 0.25) is 5.91 Å². The van der Waals surface area contributed by atoms with E-state index in [0.717, 1.165) is 42.1 Å². The molecule has 1 amide bonds. The van der Waals surface area contributed by atoms with Gasteiger partial charge >= 0.3 is 0 Å². The summed E-state index contributed by atoms with van der Waals surface area (Å²) in [4.78, 5) is 18.5. The van der Waals surface area contributed by atoms with Crippen LogP contribution in [0, 0.1) is 6.92 Å². The number of amides is 1. The number of anilines is 1. The lowest BCUT2D eigenvalue weighted by molar-refractivity contribution is -0.124. The van der Waals surface area contributed by atoms with E-state index < -0.39 is 0 Å². The van der Waals surface area contributed by atoms with Crippen LogP contribution >= 0.6 is 11.3 Å². The van der Waals surface area contributed by atoms with Gasteiger partial charge in [0, 0.05) is 4.88 Å². The van der Waals surface area contributed by atoms with E-state index in [0.29, 0.717) is 0 Å². The van der Waals surface area contributed by atoms with Gasteiger partial charge in [0.05, 0.1) is 11.1 Å². The molecule has 0 saturated heterocycles. The first-order chi connectivity index (χ1) is 10.2.